The lowest BCUT2D eigenvalue weighted by atomic mass is 9.90. The van der Waals surface area contributed by atoms with Gasteiger partial charge in [-0.3, -0.25) is 4.90 Å². The second kappa shape index (κ2) is 5.67. The molecule has 0 bridgehead atoms. The summed E-state index contributed by atoms with van der Waals surface area (Å²) in [5.74, 6) is 0. The van der Waals surface area contributed by atoms with Gasteiger partial charge >= 0.3 is 6.09 Å². The van der Waals surface area contributed by atoms with Crippen LogP contribution >= 0.6 is 11.6 Å². The van der Waals surface area contributed by atoms with Gasteiger partial charge in [-0.05, 0) is 45.2 Å². The highest BCUT2D eigenvalue weighted by atomic mass is 35.5. The Hall–Kier alpha value is -1.72. The van der Waals surface area contributed by atoms with E-state index >= 15 is 0 Å². The number of nitrogens with one attached hydrogen (secondary N) is 1. The predicted molar refractivity (Wildman–Crippen MR) is 94.3 cm³/mol. The first-order chi connectivity index (χ1) is 11.2. The molecule has 1 aliphatic rings. The van der Waals surface area contributed by atoms with Gasteiger partial charge in [0.25, 0.3) is 0 Å². The topological polar surface area (TPSA) is 65.6 Å². The summed E-state index contributed by atoms with van der Waals surface area (Å²) >= 11 is 6.24. The molecule has 1 aliphatic heterocycles. The summed E-state index contributed by atoms with van der Waals surface area (Å²) in [5.41, 5.74) is 0.782. The molecule has 5 nitrogen and oxygen atoms in total. The second-order valence-corrected chi connectivity index (χ2v) is 7.17. The smallest absolute Gasteiger partial charge is 0.412 e. The van der Waals surface area contributed by atoms with E-state index in [2.05, 4.69) is 4.98 Å². The third kappa shape index (κ3) is 2.38. The van der Waals surface area contributed by atoms with Gasteiger partial charge in [-0.15, -0.1) is 0 Å². The molecule has 2 aromatic rings. The number of aromatic amines is 1. The molecule has 24 heavy (non-hydrogen) atoms. The van der Waals surface area contributed by atoms with Gasteiger partial charge in [0.15, 0.2) is 11.3 Å². The lowest BCUT2D eigenvalue weighted by Gasteiger charge is -2.36. The van der Waals surface area contributed by atoms with Gasteiger partial charge in [0.1, 0.15) is 0 Å². The maximum atomic E-state index is 12.2. The molecule has 0 radical (unpaired) electrons. The summed E-state index contributed by atoms with van der Waals surface area (Å²) in [5, 5.41) is 12.6. The number of fused-ring (bicyclic) bond motifs is 1. The van der Waals surface area contributed by atoms with Crippen LogP contribution in [-0.4, -0.2) is 39.0 Å². The number of benzene rings is 1. The highest BCUT2D eigenvalue weighted by Crippen LogP contribution is 2.40. The number of carbonyl (C=O) groups is 1. The number of para-hydroxylation sites is 1. The molecule has 3 rings (SSSR count). The van der Waals surface area contributed by atoms with Gasteiger partial charge in [0.05, 0.1) is 10.5 Å². The van der Waals surface area contributed by atoms with E-state index in [9.17, 15) is 9.90 Å². The highest BCUT2D eigenvalue weighted by Gasteiger charge is 2.58. The number of halogens is 1. The zero-order valence-corrected chi connectivity index (χ0v) is 15.2. The summed E-state index contributed by atoms with van der Waals surface area (Å²) < 4.78 is 5.44. The molecule has 2 N–H and O–H groups in total. The molecule has 1 aromatic heterocycles. The summed E-state index contributed by atoms with van der Waals surface area (Å²) in [6.07, 6.45) is 0.682. The minimum absolute atomic E-state index is 0.377. The van der Waals surface area contributed by atoms with Crippen molar-refractivity contribution in [3.63, 3.8) is 0 Å². The normalized spacial score (nSPS) is 27.1. The van der Waals surface area contributed by atoms with E-state index in [0.29, 0.717) is 24.4 Å². The van der Waals surface area contributed by atoms with E-state index in [0.717, 1.165) is 22.2 Å². The molecule has 1 aromatic carbocycles. The summed E-state index contributed by atoms with van der Waals surface area (Å²) in [6.45, 7) is 7.67. The molecule has 0 unspecified atom stereocenters. The number of amides is 1. The quantitative estimate of drug-likeness (QED) is 0.875. The molecule has 1 amide bonds. The molecule has 1 fully saturated rings. The molecule has 0 aliphatic carbocycles. The fourth-order valence-electron chi connectivity index (χ4n) is 3.44. The number of hydrogen-bond donors (Lipinski definition) is 2. The van der Waals surface area contributed by atoms with Crippen molar-refractivity contribution in [2.24, 2.45) is 0 Å². The van der Waals surface area contributed by atoms with Crippen molar-refractivity contribution in [2.75, 3.05) is 6.54 Å². The fraction of sp³-hybridized carbons (Fsp3) is 0.500. The molecule has 6 heteroatoms. The summed E-state index contributed by atoms with van der Waals surface area (Å²) in [6, 6.07) is 5.77. The number of aliphatic hydroxyl groups is 1. The van der Waals surface area contributed by atoms with Gasteiger partial charge in [0.2, 0.25) is 0 Å². The average molecular weight is 351 g/mol. The Labute approximate surface area is 146 Å². The molecule has 0 saturated carbocycles. The number of aromatic nitrogens is 1. The minimum atomic E-state index is -1.34. The molecular weight excluding hydrogens is 328 g/mol. The number of cyclic esters (lactones) is 1. The van der Waals surface area contributed by atoms with Crippen molar-refractivity contribution in [1.29, 1.82) is 0 Å². The molecule has 2 atom stereocenters. The van der Waals surface area contributed by atoms with E-state index in [1.165, 1.54) is 4.90 Å². The van der Waals surface area contributed by atoms with Crippen LogP contribution in [0.2, 0.25) is 5.02 Å². The van der Waals surface area contributed by atoms with Crippen molar-refractivity contribution < 1.29 is 14.6 Å². The highest BCUT2D eigenvalue weighted by molar-refractivity contribution is 6.35. The van der Waals surface area contributed by atoms with Crippen LogP contribution in [0.15, 0.2) is 18.2 Å². The Morgan fingerprint density at radius 3 is 2.71 bits per heavy atom. The third-order valence-electron chi connectivity index (χ3n) is 5.42. The van der Waals surface area contributed by atoms with Crippen molar-refractivity contribution in [1.82, 2.24) is 9.88 Å². The standard InChI is InChI=1S/C18H23ClN2O3/c1-5-17(3)18(4,23)21(16(22)24-17)10-9-12-11(2)20-15-13(12)7-6-8-14(15)19/h6-8,20,23H,5,9-10H2,1-4H3/t17-,18-/m0/s1. The van der Waals surface area contributed by atoms with Crippen LogP contribution in [0.4, 0.5) is 4.79 Å². The van der Waals surface area contributed by atoms with Crippen molar-refractivity contribution >= 4 is 28.6 Å². The maximum Gasteiger partial charge on any atom is 0.412 e. The zero-order valence-electron chi connectivity index (χ0n) is 14.4. The summed E-state index contributed by atoms with van der Waals surface area (Å²) in [4.78, 5) is 17.0. The number of ether oxygens (including phenoxy) is 1. The second-order valence-electron chi connectivity index (χ2n) is 6.77. The van der Waals surface area contributed by atoms with Crippen LogP contribution in [0.5, 0.6) is 0 Å². The maximum absolute atomic E-state index is 12.2. The zero-order chi connectivity index (χ0) is 17.7. The molecule has 130 valence electrons. The SMILES string of the molecule is CC[C@]1(C)OC(=O)N(CCc2c(C)[nH]c3c(Cl)cccc23)[C@@]1(C)O. The molecule has 1 saturated heterocycles. The first kappa shape index (κ1) is 17.1. The molecule has 2 heterocycles. The molecular formula is C18H23ClN2O3. The third-order valence-corrected chi connectivity index (χ3v) is 5.74. The molecule has 0 spiro atoms. The Bertz CT molecular complexity index is 799. The van der Waals surface area contributed by atoms with Crippen LogP contribution < -0.4 is 0 Å². The average Bonchev–Trinajstić information content (AvgIpc) is 2.92. The van der Waals surface area contributed by atoms with Crippen LogP contribution in [-0.2, 0) is 11.2 Å². The van der Waals surface area contributed by atoms with Gasteiger partial charge < -0.3 is 14.8 Å². The van der Waals surface area contributed by atoms with E-state index in [-0.39, 0.29) is 0 Å². The van der Waals surface area contributed by atoms with Crippen LogP contribution in [0.3, 0.4) is 0 Å². The van der Waals surface area contributed by atoms with Crippen molar-refractivity contribution in [2.45, 2.75) is 51.9 Å². The van der Waals surface area contributed by atoms with E-state index in [4.69, 9.17) is 16.3 Å². The Balaban J connectivity index is 1.88. The number of nitrogens with zero attached hydrogens (tertiary/aromatic N) is 1. The fourth-order valence-corrected chi connectivity index (χ4v) is 3.66. The first-order valence-electron chi connectivity index (χ1n) is 8.20. The van der Waals surface area contributed by atoms with Crippen LogP contribution in [0.1, 0.15) is 38.4 Å². The van der Waals surface area contributed by atoms with E-state index < -0.39 is 17.4 Å². The van der Waals surface area contributed by atoms with Gasteiger partial charge in [-0.1, -0.05) is 30.7 Å². The minimum Gasteiger partial charge on any atom is -0.438 e. The van der Waals surface area contributed by atoms with Gasteiger partial charge in [-0.2, -0.15) is 0 Å². The predicted octanol–water partition coefficient (Wildman–Crippen LogP) is 4.00. The van der Waals surface area contributed by atoms with Crippen molar-refractivity contribution in [3.05, 3.63) is 34.5 Å². The summed E-state index contributed by atoms with van der Waals surface area (Å²) in [7, 11) is 0. The Kier molecular flexibility index (Phi) is 4.04. The Morgan fingerprint density at radius 2 is 2.08 bits per heavy atom. The Morgan fingerprint density at radius 1 is 1.38 bits per heavy atom. The number of H-pyrrole nitrogens is 1. The monoisotopic (exact) mass is 350 g/mol. The van der Waals surface area contributed by atoms with Crippen LogP contribution in [0.25, 0.3) is 10.9 Å². The van der Waals surface area contributed by atoms with Gasteiger partial charge in [-0.25, -0.2) is 4.79 Å². The van der Waals surface area contributed by atoms with Crippen molar-refractivity contribution in [3.8, 4) is 0 Å². The van der Waals surface area contributed by atoms with E-state index in [1.54, 1.807) is 13.8 Å². The van der Waals surface area contributed by atoms with E-state index in [1.807, 2.05) is 32.0 Å². The van der Waals surface area contributed by atoms with Crippen LogP contribution in [0, 0.1) is 6.92 Å². The first-order valence-corrected chi connectivity index (χ1v) is 8.57. The number of aryl methyl sites for hydroxylation is 1. The van der Waals surface area contributed by atoms with Gasteiger partial charge in [0, 0.05) is 17.6 Å². The largest absolute Gasteiger partial charge is 0.438 e. The lowest BCUT2D eigenvalue weighted by molar-refractivity contribution is -0.137. The number of hydrogen-bond acceptors (Lipinski definition) is 3. The number of rotatable bonds is 4. The lowest BCUT2D eigenvalue weighted by Crippen LogP contribution is -2.55. The number of carbonyl (C=O) groups excluding carboxylic acids is 1.